The number of hydrogen-bond donors (Lipinski definition) is 1. The molecule has 0 aliphatic heterocycles. The van der Waals surface area contributed by atoms with Crippen LogP contribution in [0.3, 0.4) is 0 Å². The summed E-state index contributed by atoms with van der Waals surface area (Å²) in [4.78, 5) is 22.8. The predicted molar refractivity (Wildman–Crippen MR) is 87.1 cm³/mol. The lowest BCUT2D eigenvalue weighted by atomic mass is 10.0. The lowest BCUT2D eigenvalue weighted by Crippen LogP contribution is -2.27. The maximum Gasteiger partial charge on any atom is 0.412 e. The molecule has 4 heteroatoms. The molecule has 0 aliphatic rings. The fraction of sp³-hybridized carbons (Fsp3) is 0.222. The van der Waals surface area contributed by atoms with Crippen LogP contribution in [0.5, 0.6) is 0 Å². The molecule has 114 valence electrons. The van der Waals surface area contributed by atoms with Crippen LogP contribution < -0.4 is 5.32 Å². The Morgan fingerprint density at radius 3 is 2.27 bits per heavy atom. The number of aldehydes is 1. The van der Waals surface area contributed by atoms with Gasteiger partial charge in [0.2, 0.25) is 0 Å². The third-order valence-corrected chi connectivity index (χ3v) is 2.93. The Balaban J connectivity index is 2.14. The molecule has 1 N–H and O–H groups in total. The van der Waals surface area contributed by atoms with Gasteiger partial charge < -0.3 is 4.74 Å². The highest BCUT2D eigenvalue weighted by atomic mass is 16.6. The Morgan fingerprint density at radius 1 is 1.05 bits per heavy atom. The average Bonchev–Trinajstić information content (AvgIpc) is 2.46. The molecule has 2 rings (SSSR count). The SMILES string of the molecule is CC(C)(C)OC(=O)Nc1ccc(-c2ccccc2C=O)cc1. The van der Waals surface area contributed by atoms with Gasteiger partial charge in [0.25, 0.3) is 0 Å². The maximum absolute atomic E-state index is 11.7. The van der Waals surface area contributed by atoms with E-state index in [9.17, 15) is 9.59 Å². The van der Waals surface area contributed by atoms with Crippen molar-refractivity contribution in [3.63, 3.8) is 0 Å². The molecule has 22 heavy (non-hydrogen) atoms. The number of ether oxygens (including phenoxy) is 1. The summed E-state index contributed by atoms with van der Waals surface area (Å²) in [6.07, 6.45) is 0.343. The average molecular weight is 297 g/mol. The van der Waals surface area contributed by atoms with E-state index in [1.54, 1.807) is 18.2 Å². The summed E-state index contributed by atoms with van der Waals surface area (Å²) in [5.74, 6) is 0. The van der Waals surface area contributed by atoms with Crippen molar-refractivity contribution in [1.82, 2.24) is 0 Å². The number of rotatable bonds is 3. The molecule has 0 aromatic heterocycles. The summed E-state index contributed by atoms with van der Waals surface area (Å²) in [6.45, 7) is 5.43. The molecule has 0 saturated carbocycles. The van der Waals surface area contributed by atoms with Gasteiger partial charge in [-0.3, -0.25) is 10.1 Å². The second kappa shape index (κ2) is 6.43. The second-order valence-electron chi connectivity index (χ2n) is 5.91. The molecule has 2 aromatic rings. The summed E-state index contributed by atoms with van der Waals surface area (Å²) < 4.78 is 5.20. The fourth-order valence-corrected chi connectivity index (χ4v) is 2.02. The first-order valence-corrected chi connectivity index (χ1v) is 7.04. The Kier molecular flexibility index (Phi) is 4.61. The molecular weight excluding hydrogens is 278 g/mol. The maximum atomic E-state index is 11.7. The van der Waals surface area contributed by atoms with Crippen molar-refractivity contribution in [3.05, 3.63) is 54.1 Å². The third kappa shape index (κ3) is 4.19. The van der Waals surface area contributed by atoms with Gasteiger partial charge in [0.15, 0.2) is 6.29 Å². The van der Waals surface area contributed by atoms with Crippen LogP contribution in [0, 0.1) is 0 Å². The van der Waals surface area contributed by atoms with Crippen molar-refractivity contribution in [3.8, 4) is 11.1 Å². The minimum Gasteiger partial charge on any atom is -0.444 e. The predicted octanol–water partition coefficient (Wildman–Crippen LogP) is 4.51. The molecule has 0 bridgehead atoms. The number of amides is 1. The number of nitrogens with one attached hydrogen (secondary N) is 1. The van der Waals surface area contributed by atoms with Crippen LogP contribution in [0.15, 0.2) is 48.5 Å². The Morgan fingerprint density at radius 2 is 1.68 bits per heavy atom. The van der Waals surface area contributed by atoms with E-state index >= 15 is 0 Å². The minimum atomic E-state index is -0.535. The molecule has 1 amide bonds. The van der Waals surface area contributed by atoms with Gasteiger partial charge in [0.05, 0.1) is 0 Å². The summed E-state index contributed by atoms with van der Waals surface area (Å²) in [7, 11) is 0. The van der Waals surface area contributed by atoms with Crippen LogP contribution in [0.4, 0.5) is 10.5 Å². The van der Waals surface area contributed by atoms with Crippen LogP contribution >= 0.6 is 0 Å². The molecule has 0 atom stereocenters. The number of carbonyl (C=O) groups is 2. The second-order valence-corrected chi connectivity index (χ2v) is 5.91. The number of anilines is 1. The summed E-state index contributed by atoms with van der Waals surface area (Å²) in [5, 5.41) is 2.68. The summed E-state index contributed by atoms with van der Waals surface area (Å²) in [6, 6.07) is 14.6. The smallest absolute Gasteiger partial charge is 0.412 e. The molecule has 4 nitrogen and oxygen atoms in total. The van der Waals surface area contributed by atoms with Gasteiger partial charge >= 0.3 is 6.09 Å². The van der Waals surface area contributed by atoms with Crippen LogP contribution in [0.25, 0.3) is 11.1 Å². The van der Waals surface area contributed by atoms with Crippen molar-refractivity contribution in [2.24, 2.45) is 0 Å². The van der Waals surface area contributed by atoms with Crippen LogP contribution in [0.1, 0.15) is 31.1 Å². The number of carbonyl (C=O) groups excluding carboxylic acids is 2. The topological polar surface area (TPSA) is 55.4 Å². The van der Waals surface area contributed by atoms with Crippen LogP contribution in [0.2, 0.25) is 0 Å². The molecule has 0 spiro atoms. The van der Waals surface area contributed by atoms with E-state index in [2.05, 4.69) is 5.32 Å². The molecule has 0 radical (unpaired) electrons. The van der Waals surface area contributed by atoms with Gasteiger partial charge in [-0.15, -0.1) is 0 Å². The first kappa shape index (κ1) is 15.8. The van der Waals surface area contributed by atoms with E-state index in [1.165, 1.54) is 0 Å². The monoisotopic (exact) mass is 297 g/mol. The molecule has 0 saturated heterocycles. The van der Waals surface area contributed by atoms with E-state index in [4.69, 9.17) is 4.74 Å². The van der Waals surface area contributed by atoms with E-state index < -0.39 is 11.7 Å². The van der Waals surface area contributed by atoms with Crippen molar-refractivity contribution in [1.29, 1.82) is 0 Å². The van der Waals surface area contributed by atoms with Gasteiger partial charge in [-0.05, 0) is 44.0 Å². The molecule has 0 heterocycles. The minimum absolute atomic E-state index is 0.492. The Bertz CT molecular complexity index is 669. The zero-order chi connectivity index (χ0) is 16.2. The lowest BCUT2D eigenvalue weighted by molar-refractivity contribution is 0.0636. The van der Waals surface area contributed by atoms with Crippen LogP contribution in [-0.2, 0) is 4.74 Å². The molecule has 2 aromatic carbocycles. The number of hydrogen-bond acceptors (Lipinski definition) is 3. The largest absolute Gasteiger partial charge is 0.444 e. The molecule has 0 fully saturated rings. The van der Waals surface area contributed by atoms with Crippen molar-refractivity contribution in [2.75, 3.05) is 5.32 Å². The number of benzene rings is 2. The van der Waals surface area contributed by atoms with E-state index in [1.807, 2.05) is 51.1 Å². The zero-order valence-electron chi connectivity index (χ0n) is 12.9. The standard InChI is InChI=1S/C18H19NO3/c1-18(2,3)22-17(21)19-15-10-8-13(9-11-15)16-7-5-4-6-14(16)12-20/h4-12H,1-3H3,(H,19,21). The quantitative estimate of drug-likeness (QED) is 0.848. The van der Waals surface area contributed by atoms with Crippen molar-refractivity contribution < 1.29 is 14.3 Å². The Labute approximate surface area is 130 Å². The van der Waals surface area contributed by atoms with Gasteiger partial charge in [-0.2, -0.15) is 0 Å². The lowest BCUT2D eigenvalue weighted by Gasteiger charge is -2.19. The molecule has 0 unspecified atom stereocenters. The van der Waals surface area contributed by atoms with E-state index in [0.29, 0.717) is 11.3 Å². The zero-order valence-corrected chi connectivity index (χ0v) is 12.9. The van der Waals surface area contributed by atoms with Crippen molar-refractivity contribution >= 4 is 18.1 Å². The van der Waals surface area contributed by atoms with E-state index in [0.717, 1.165) is 17.4 Å². The van der Waals surface area contributed by atoms with E-state index in [-0.39, 0.29) is 0 Å². The van der Waals surface area contributed by atoms with Crippen molar-refractivity contribution in [2.45, 2.75) is 26.4 Å². The summed E-state index contributed by atoms with van der Waals surface area (Å²) >= 11 is 0. The van der Waals surface area contributed by atoms with Gasteiger partial charge in [0.1, 0.15) is 5.60 Å². The molecular formula is C18H19NO3. The first-order chi connectivity index (χ1) is 10.4. The normalized spacial score (nSPS) is 10.9. The van der Waals surface area contributed by atoms with Crippen LogP contribution in [-0.4, -0.2) is 18.0 Å². The third-order valence-electron chi connectivity index (χ3n) is 2.93. The first-order valence-electron chi connectivity index (χ1n) is 7.04. The highest BCUT2D eigenvalue weighted by molar-refractivity contribution is 5.89. The van der Waals surface area contributed by atoms with Gasteiger partial charge in [-0.1, -0.05) is 36.4 Å². The van der Waals surface area contributed by atoms with Gasteiger partial charge in [-0.25, -0.2) is 4.79 Å². The molecule has 0 aliphatic carbocycles. The highest BCUT2D eigenvalue weighted by Crippen LogP contribution is 2.24. The fourth-order valence-electron chi connectivity index (χ4n) is 2.02. The van der Waals surface area contributed by atoms with Gasteiger partial charge in [0, 0.05) is 11.3 Å². The highest BCUT2D eigenvalue weighted by Gasteiger charge is 2.16. The Hall–Kier alpha value is -2.62. The summed E-state index contributed by atoms with van der Waals surface area (Å²) in [5.41, 5.74) is 2.52.